The van der Waals surface area contributed by atoms with Gasteiger partial charge in [-0.05, 0) is 0 Å². The molecule has 4 nitrogen and oxygen atoms in total. The summed E-state index contributed by atoms with van der Waals surface area (Å²) in [4.78, 5) is 21.6. The van der Waals surface area contributed by atoms with Crippen LogP contribution in [-0.2, 0) is 14.3 Å². The largest absolute Gasteiger partial charge is 0.478 e. The van der Waals surface area contributed by atoms with Gasteiger partial charge in [-0.1, -0.05) is 0 Å². The van der Waals surface area contributed by atoms with Gasteiger partial charge in [-0.15, -0.1) is 0 Å². The molecule has 0 amide bonds. The predicted molar refractivity (Wildman–Crippen MR) is 63.4 cm³/mol. The first kappa shape index (κ1) is 27.7. The lowest BCUT2D eigenvalue weighted by molar-refractivity contribution is -0.318. The van der Waals surface area contributed by atoms with Crippen molar-refractivity contribution < 1.29 is 80.9 Å². The summed E-state index contributed by atoms with van der Waals surface area (Å²) in [5.74, 6) is -32.6. The molecule has 30 heavy (non-hydrogen) atoms. The fourth-order valence-electron chi connectivity index (χ4n) is 1.41. The van der Waals surface area contributed by atoms with Gasteiger partial charge in [-0.3, -0.25) is 0 Å². The first-order chi connectivity index (χ1) is 13.2. The number of hydrogen-bond acceptors (Lipinski definition) is 3. The number of carboxylic acid groups (broad SMARTS) is 1. The molecule has 0 rings (SSSR count). The lowest BCUT2D eigenvalue weighted by Crippen LogP contribution is -2.55. The molecular formula is C12H6F14O4. The van der Waals surface area contributed by atoms with Crippen LogP contribution in [0.4, 0.5) is 61.5 Å². The van der Waals surface area contributed by atoms with E-state index in [-0.39, 0.29) is 0 Å². The second kappa shape index (κ2) is 8.83. The summed E-state index contributed by atoms with van der Waals surface area (Å²) in [6, 6.07) is 0. The van der Waals surface area contributed by atoms with Crippen LogP contribution in [0.3, 0.4) is 0 Å². The molecule has 0 aromatic rings. The van der Waals surface area contributed by atoms with Crippen molar-refractivity contribution in [2.75, 3.05) is 0 Å². The molecule has 0 aromatic heterocycles. The first-order valence-corrected chi connectivity index (χ1v) is 6.66. The standard InChI is InChI=1S/C12H6F14O4/c13-4(9(19,20)10(21,22)6(14)15)2(1-3(27)28)5(29)30-8(18)12(25,26)11(23,24)7(16)17/h1,4,6-8H,(H,27,28). The van der Waals surface area contributed by atoms with Gasteiger partial charge in [0.25, 0.3) is 0 Å². The summed E-state index contributed by atoms with van der Waals surface area (Å²) in [6.07, 6.45) is -22.1. The van der Waals surface area contributed by atoms with Crippen molar-refractivity contribution in [1.82, 2.24) is 0 Å². The van der Waals surface area contributed by atoms with Crippen LogP contribution in [0, 0.1) is 0 Å². The van der Waals surface area contributed by atoms with Gasteiger partial charge in [0.05, 0.1) is 5.57 Å². The fourth-order valence-corrected chi connectivity index (χ4v) is 1.41. The minimum Gasteiger partial charge on any atom is -0.478 e. The third-order valence-electron chi connectivity index (χ3n) is 3.04. The summed E-state index contributed by atoms with van der Waals surface area (Å²) in [7, 11) is 0. The molecule has 0 radical (unpaired) electrons. The molecule has 1 N–H and O–H groups in total. The Kier molecular flexibility index (Phi) is 8.15. The topological polar surface area (TPSA) is 63.6 Å². The van der Waals surface area contributed by atoms with Crippen molar-refractivity contribution in [1.29, 1.82) is 0 Å². The molecule has 2 unspecified atom stereocenters. The molecule has 2 atom stereocenters. The van der Waals surface area contributed by atoms with Crippen LogP contribution in [0.25, 0.3) is 0 Å². The van der Waals surface area contributed by atoms with E-state index in [0.717, 1.165) is 0 Å². The fraction of sp³-hybridized carbons (Fsp3) is 0.667. The smallest absolute Gasteiger partial charge is 0.381 e. The normalized spacial score (nSPS) is 16.6. The van der Waals surface area contributed by atoms with E-state index in [1.165, 1.54) is 0 Å². The second-order valence-electron chi connectivity index (χ2n) is 5.12. The average molecular weight is 480 g/mol. The Balaban J connectivity index is 6.06. The molecule has 0 saturated heterocycles. The molecule has 0 aromatic carbocycles. The van der Waals surface area contributed by atoms with Gasteiger partial charge in [0.15, 0.2) is 0 Å². The van der Waals surface area contributed by atoms with Gasteiger partial charge in [0.2, 0.25) is 6.17 Å². The van der Waals surface area contributed by atoms with E-state index >= 15 is 0 Å². The van der Waals surface area contributed by atoms with Gasteiger partial charge in [-0.2, -0.15) is 39.5 Å². The monoisotopic (exact) mass is 480 g/mol. The lowest BCUT2D eigenvalue weighted by Gasteiger charge is -2.30. The second-order valence-corrected chi connectivity index (χ2v) is 5.12. The zero-order chi connectivity index (χ0) is 24.5. The van der Waals surface area contributed by atoms with E-state index < -0.39 is 72.7 Å². The van der Waals surface area contributed by atoms with E-state index in [0.29, 0.717) is 0 Å². The summed E-state index contributed by atoms with van der Waals surface area (Å²) < 4.78 is 181. The molecular weight excluding hydrogens is 474 g/mol. The number of alkyl halides is 14. The van der Waals surface area contributed by atoms with E-state index in [1.54, 1.807) is 0 Å². The number of carbonyl (C=O) groups excluding carboxylic acids is 1. The van der Waals surface area contributed by atoms with Crippen molar-refractivity contribution >= 4 is 11.9 Å². The SMILES string of the molecule is O=C(O)C=C(C(=O)OC(F)C(F)(F)C(F)(F)C(F)F)C(F)C(F)(F)C(F)(F)C(F)F. The Morgan fingerprint density at radius 1 is 0.700 bits per heavy atom. The minimum atomic E-state index is -6.65. The number of carboxylic acids is 1. The molecule has 18 heteroatoms. The summed E-state index contributed by atoms with van der Waals surface area (Å²) >= 11 is 0. The van der Waals surface area contributed by atoms with Crippen LogP contribution in [0.1, 0.15) is 0 Å². The Morgan fingerprint density at radius 2 is 1.07 bits per heavy atom. The lowest BCUT2D eigenvalue weighted by atomic mass is 9.99. The predicted octanol–water partition coefficient (Wildman–Crippen LogP) is 4.25. The summed E-state index contributed by atoms with van der Waals surface area (Å²) in [6.45, 7) is 0. The molecule has 176 valence electrons. The van der Waals surface area contributed by atoms with Gasteiger partial charge >= 0.3 is 54.8 Å². The first-order valence-electron chi connectivity index (χ1n) is 6.66. The Bertz CT molecular complexity index is 674. The van der Waals surface area contributed by atoms with E-state index in [2.05, 4.69) is 4.74 Å². The van der Waals surface area contributed by atoms with Crippen LogP contribution < -0.4 is 0 Å². The molecule has 0 bridgehead atoms. The Labute approximate surface area is 155 Å². The maximum absolute atomic E-state index is 13.6. The molecule has 0 aliphatic carbocycles. The number of hydrogen-bond donors (Lipinski definition) is 1. The minimum absolute atomic E-state index is 1.14. The van der Waals surface area contributed by atoms with Crippen molar-refractivity contribution in [3.05, 3.63) is 11.6 Å². The summed E-state index contributed by atoms with van der Waals surface area (Å²) in [5, 5.41) is 8.26. The molecule has 0 heterocycles. The number of halogens is 14. The van der Waals surface area contributed by atoms with Gasteiger partial charge in [-0.25, -0.2) is 31.5 Å². The highest BCUT2D eigenvalue weighted by Crippen LogP contribution is 2.46. The molecule has 0 saturated carbocycles. The van der Waals surface area contributed by atoms with E-state index in [4.69, 9.17) is 5.11 Å². The zero-order valence-electron chi connectivity index (χ0n) is 13.4. The van der Waals surface area contributed by atoms with Crippen LogP contribution in [-0.4, -0.2) is 66.1 Å². The Morgan fingerprint density at radius 3 is 1.40 bits per heavy atom. The van der Waals surface area contributed by atoms with Crippen molar-refractivity contribution in [3.8, 4) is 0 Å². The highest BCUT2D eigenvalue weighted by molar-refractivity contribution is 5.96. The number of aliphatic carboxylic acids is 1. The van der Waals surface area contributed by atoms with Crippen LogP contribution >= 0.6 is 0 Å². The quantitative estimate of drug-likeness (QED) is 0.289. The third kappa shape index (κ3) is 5.05. The molecule has 0 aliphatic rings. The van der Waals surface area contributed by atoms with Crippen molar-refractivity contribution in [2.45, 2.75) is 49.1 Å². The molecule has 0 spiro atoms. The van der Waals surface area contributed by atoms with Crippen LogP contribution in [0.15, 0.2) is 11.6 Å². The van der Waals surface area contributed by atoms with E-state index in [1.807, 2.05) is 0 Å². The van der Waals surface area contributed by atoms with Crippen molar-refractivity contribution in [2.24, 2.45) is 0 Å². The number of rotatable bonds is 10. The van der Waals surface area contributed by atoms with Gasteiger partial charge in [0.1, 0.15) is 0 Å². The maximum atomic E-state index is 13.6. The van der Waals surface area contributed by atoms with E-state index in [9.17, 15) is 71.1 Å². The average Bonchev–Trinajstić information content (AvgIpc) is 2.57. The van der Waals surface area contributed by atoms with Gasteiger partial charge < -0.3 is 9.84 Å². The number of ether oxygens (including phenoxy) is 1. The molecule has 0 aliphatic heterocycles. The third-order valence-corrected chi connectivity index (χ3v) is 3.04. The van der Waals surface area contributed by atoms with Crippen molar-refractivity contribution in [3.63, 3.8) is 0 Å². The highest BCUT2D eigenvalue weighted by atomic mass is 19.4. The number of carbonyl (C=O) groups is 2. The van der Waals surface area contributed by atoms with Crippen LogP contribution in [0.2, 0.25) is 0 Å². The van der Waals surface area contributed by atoms with Crippen LogP contribution in [0.5, 0.6) is 0 Å². The number of esters is 1. The highest BCUT2D eigenvalue weighted by Gasteiger charge is 2.71. The zero-order valence-corrected chi connectivity index (χ0v) is 13.4. The summed E-state index contributed by atoms with van der Waals surface area (Å²) in [5.41, 5.74) is -3.01. The molecule has 0 fully saturated rings. The maximum Gasteiger partial charge on any atom is 0.381 e. The Hall–Kier alpha value is -2.30. The van der Waals surface area contributed by atoms with Gasteiger partial charge in [0, 0.05) is 6.08 Å².